The Morgan fingerprint density at radius 1 is 1.22 bits per heavy atom. The van der Waals surface area contributed by atoms with Gasteiger partial charge in [0.25, 0.3) is 0 Å². The van der Waals surface area contributed by atoms with Gasteiger partial charge in [0.1, 0.15) is 5.75 Å². The van der Waals surface area contributed by atoms with Crippen molar-refractivity contribution in [2.75, 3.05) is 17.2 Å². The molecule has 0 atom stereocenters. The number of ether oxygens (including phenoxy) is 1. The average molecular weight is 333 g/mol. The average Bonchev–Trinajstić information content (AvgIpc) is 2.49. The summed E-state index contributed by atoms with van der Waals surface area (Å²) in [5.41, 5.74) is 2.44. The van der Waals surface area contributed by atoms with E-state index in [1.807, 2.05) is 57.2 Å². The molecule has 0 aliphatic heterocycles. The second kappa shape index (κ2) is 7.88. The Kier molecular flexibility index (Phi) is 5.88. The van der Waals surface area contributed by atoms with Crippen molar-refractivity contribution in [1.29, 1.82) is 0 Å². The molecule has 0 aliphatic rings. The highest BCUT2D eigenvalue weighted by molar-refractivity contribution is 6.31. The fourth-order valence-electron chi connectivity index (χ4n) is 2.02. The maximum atomic E-state index is 12.1. The van der Waals surface area contributed by atoms with E-state index in [1.54, 1.807) is 6.07 Å². The Hall–Kier alpha value is -2.20. The highest BCUT2D eigenvalue weighted by atomic mass is 35.5. The highest BCUT2D eigenvalue weighted by Crippen LogP contribution is 2.24. The molecule has 2 aromatic rings. The normalized spacial score (nSPS) is 10.5. The van der Waals surface area contributed by atoms with Gasteiger partial charge >= 0.3 is 0 Å². The van der Waals surface area contributed by atoms with E-state index in [9.17, 15) is 4.79 Å². The third-order valence-electron chi connectivity index (χ3n) is 3.14. The van der Waals surface area contributed by atoms with E-state index in [0.29, 0.717) is 10.7 Å². The number of rotatable bonds is 6. The lowest BCUT2D eigenvalue weighted by Gasteiger charge is -2.15. The molecule has 5 heteroatoms. The number of amides is 1. The van der Waals surface area contributed by atoms with Crippen molar-refractivity contribution in [3.8, 4) is 5.75 Å². The SMILES string of the molecule is Cc1ccc(NC(=O)CNc2ccccc2OC(C)C)cc1Cl. The molecule has 0 spiro atoms. The van der Waals surface area contributed by atoms with E-state index >= 15 is 0 Å². The number of para-hydroxylation sites is 2. The summed E-state index contributed by atoms with van der Waals surface area (Å²) in [5, 5.41) is 6.54. The molecule has 1 amide bonds. The maximum absolute atomic E-state index is 12.1. The van der Waals surface area contributed by atoms with Gasteiger partial charge in [-0.05, 0) is 50.6 Å². The summed E-state index contributed by atoms with van der Waals surface area (Å²) in [6.45, 7) is 5.99. The molecule has 0 bridgehead atoms. The predicted molar refractivity (Wildman–Crippen MR) is 95.5 cm³/mol. The van der Waals surface area contributed by atoms with Gasteiger partial charge in [-0.2, -0.15) is 0 Å². The number of benzene rings is 2. The zero-order valence-electron chi connectivity index (χ0n) is 13.5. The Balaban J connectivity index is 1.95. The van der Waals surface area contributed by atoms with Gasteiger partial charge < -0.3 is 15.4 Å². The number of carbonyl (C=O) groups is 1. The van der Waals surface area contributed by atoms with Crippen molar-refractivity contribution in [1.82, 2.24) is 0 Å². The van der Waals surface area contributed by atoms with Gasteiger partial charge in [0.05, 0.1) is 18.3 Å². The van der Waals surface area contributed by atoms with Gasteiger partial charge in [0.15, 0.2) is 0 Å². The topological polar surface area (TPSA) is 50.4 Å². The summed E-state index contributed by atoms with van der Waals surface area (Å²) in [7, 11) is 0. The molecule has 2 rings (SSSR count). The molecular formula is C18H21ClN2O2. The molecule has 0 heterocycles. The third kappa shape index (κ3) is 5.18. The molecule has 2 aromatic carbocycles. The fourth-order valence-corrected chi connectivity index (χ4v) is 2.20. The summed E-state index contributed by atoms with van der Waals surface area (Å²) in [5.74, 6) is 0.581. The van der Waals surface area contributed by atoms with Crippen molar-refractivity contribution in [2.45, 2.75) is 26.9 Å². The van der Waals surface area contributed by atoms with Gasteiger partial charge in [0.2, 0.25) is 5.91 Å². The lowest BCUT2D eigenvalue weighted by Crippen LogP contribution is -2.22. The van der Waals surface area contributed by atoms with Crippen LogP contribution in [0.5, 0.6) is 5.75 Å². The minimum atomic E-state index is -0.149. The van der Waals surface area contributed by atoms with E-state index in [0.717, 1.165) is 17.0 Å². The van der Waals surface area contributed by atoms with Crippen LogP contribution >= 0.6 is 11.6 Å². The minimum Gasteiger partial charge on any atom is -0.489 e. The number of anilines is 2. The molecular weight excluding hydrogens is 312 g/mol. The van der Waals surface area contributed by atoms with Gasteiger partial charge in [-0.25, -0.2) is 0 Å². The summed E-state index contributed by atoms with van der Waals surface area (Å²) < 4.78 is 5.71. The first-order chi connectivity index (χ1) is 11.0. The van der Waals surface area contributed by atoms with Gasteiger partial charge in [-0.15, -0.1) is 0 Å². The highest BCUT2D eigenvalue weighted by Gasteiger charge is 2.08. The maximum Gasteiger partial charge on any atom is 0.243 e. The monoisotopic (exact) mass is 332 g/mol. The molecule has 0 radical (unpaired) electrons. The largest absolute Gasteiger partial charge is 0.489 e. The van der Waals surface area contributed by atoms with Crippen LogP contribution in [0.4, 0.5) is 11.4 Å². The molecule has 0 saturated carbocycles. The molecule has 0 saturated heterocycles. The van der Waals surface area contributed by atoms with Crippen LogP contribution in [0.3, 0.4) is 0 Å². The third-order valence-corrected chi connectivity index (χ3v) is 3.55. The molecule has 0 unspecified atom stereocenters. The molecule has 23 heavy (non-hydrogen) atoms. The lowest BCUT2D eigenvalue weighted by atomic mass is 10.2. The lowest BCUT2D eigenvalue weighted by molar-refractivity contribution is -0.114. The van der Waals surface area contributed by atoms with Crippen molar-refractivity contribution in [3.63, 3.8) is 0 Å². The quantitative estimate of drug-likeness (QED) is 0.819. The van der Waals surface area contributed by atoms with Crippen LogP contribution in [0.2, 0.25) is 5.02 Å². The first-order valence-electron chi connectivity index (χ1n) is 7.51. The van der Waals surface area contributed by atoms with Crippen molar-refractivity contribution >= 4 is 28.9 Å². The van der Waals surface area contributed by atoms with Crippen LogP contribution < -0.4 is 15.4 Å². The van der Waals surface area contributed by atoms with Crippen LogP contribution in [0.1, 0.15) is 19.4 Å². The van der Waals surface area contributed by atoms with Crippen molar-refractivity contribution in [2.24, 2.45) is 0 Å². The Morgan fingerprint density at radius 3 is 2.65 bits per heavy atom. The number of hydrogen-bond acceptors (Lipinski definition) is 3. The van der Waals surface area contributed by atoms with Crippen LogP contribution in [0.15, 0.2) is 42.5 Å². The smallest absolute Gasteiger partial charge is 0.243 e. The van der Waals surface area contributed by atoms with E-state index < -0.39 is 0 Å². The van der Waals surface area contributed by atoms with E-state index in [1.165, 1.54) is 0 Å². The van der Waals surface area contributed by atoms with Crippen LogP contribution in [0, 0.1) is 6.92 Å². The standard InChI is InChI=1S/C18H21ClN2O2/c1-12(2)23-17-7-5-4-6-16(17)20-11-18(22)21-14-9-8-13(3)15(19)10-14/h4-10,12,20H,11H2,1-3H3,(H,21,22). The second-order valence-electron chi connectivity index (χ2n) is 5.53. The van der Waals surface area contributed by atoms with Crippen LogP contribution in [0.25, 0.3) is 0 Å². The first-order valence-corrected chi connectivity index (χ1v) is 7.89. The zero-order valence-corrected chi connectivity index (χ0v) is 14.3. The fraction of sp³-hybridized carbons (Fsp3) is 0.278. The molecule has 122 valence electrons. The zero-order chi connectivity index (χ0) is 16.8. The molecule has 0 aromatic heterocycles. The minimum absolute atomic E-state index is 0.0708. The number of aryl methyl sites for hydroxylation is 1. The van der Waals surface area contributed by atoms with Crippen LogP contribution in [-0.4, -0.2) is 18.6 Å². The van der Waals surface area contributed by atoms with Gasteiger partial charge in [-0.1, -0.05) is 29.8 Å². The van der Waals surface area contributed by atoms with E-state index in [2.05, 4.69) is 10.6 Å². The summed E-state index contributed by atoms with van der Waals surface area (Å²) in [6.07, 6.45) is 0.0708. The molecule has 0 fully saturated rings. The predicted octanol–water partition coefficient (Wildman–Crippen LogP) is 4.49. The number of nitrogens with one attached hydrogen (secondary N) is 2. The number of hydrogen-bond donors (Lipinski definition) is 2. The number of halogens is 1. The van der Waals surface area contributed by atoms with Crippen molar-refractivity contribution in [3.05, 3.63) is 53.1 Å². The first kappa shape index (κ1) is 17.2. The van der Waals surface area contributed by atoms with Crippen molar-refractivity contribution < 1.29 is 9.53 Å². The summed E-state index contributed by atoms with van der Waals surface area (Å²) >= 11 is 6.06. The Labute approximate surface area is 141 Å². The van der Waals surface area contributed by atoms with E-state index in [-0.39, 0.29) is 18.6 Å². The van der Waals surface area contributed by atoms with E-state index in [4.69, 9.17) is 16.3 Å². The molecule has 2 N–H and O–H groups in total. The molecule has 4 nitrogen and oxygen atoms in total. The summed E-state index contributed by atoms with van der Waals surface area (Å²) in [4.78, 5) is 12.1. The van der Waals surface area contributed by atoms with Gasteiger partial charge in [0, 0.05) is 10.7 Å². The Bertz CT molecular complexity index is 686. The molecule has 0 aliphatic carbocycles. The number of carbonyl (C=O) groups excluding carboxylic acids is 1. The van der Waals surface area contributed by atoms with Crippen LogP contribution in [-0.2, 0) is 4.79 Å². The second-order valence-corrected chi connectivity index (χ2v) is 5.94. The van der Waals surface area contributed by atoms with Gasteiger partial charge in [-0.3, -0.25) is 4.79 Å². The Morgan fingerprint density at radius 2 is 1.96 bits per heavy atom. The summed E-state index contributed by atoms with van der Waals surface area (Å²) in [6, 6.07) is 13.0.